The lowest BCUT2D eigenvalue weighted by Gasteiger charge is -2.54. The Bertz CT molecular complexity index is 3160. The Morgan fingerprint density at radius 2 is 1.26 bits per heavy atom. The molecule has 3 saturated heterocycles. The minimum absolute atomic E-state index is 0.0139. The highest BCUT2D eigenvalue weighted by molar-refractivity contribution is 6.01. The highest BCUT2D eigenvalue weighted by atomic mass is 19.4. The van der Waals surface area contributed by atoms with Gasteiger partial charge in [-0.2, -0.15) is 13.2 Å². The van der Waals surface area contributed by atoms with Crippen molar-refractivity contribution in [3.8, 4) is 0 Å². The Labute approximate surface area is 623 Å². The van der Waals surface area contributed by atoms with Crippen molar-refractivity contribution in [3.05, 3.63) is 12.2 Å². The summed E-state index contributed by atoms with van der Waals surface area (Å²) in [5.41, 5.74) is -2.30. The van der Waals surface area contributed by atoms with E-state index in [-0.39, 0.29) is 64.1 Å². The van der Waals surface area contributed by atoms with Gasteiger partial charge >= 0.3 is 6.18 Å². The topological polar surface area (TPSA) is 279 Å². The summed E-state index contributed by atoms with van der Waals surface area (Å²) in [6.45, 7) is 15.6. The third-order valence-electron chi connectivity index (χ3n) is 24.2. The second kappa shape index (κ2) is 36.9. The zero-order valence-corrected chi connectivity index (χ0v) is 65.3. The van der Waals surface area contributed by atoms with Crippen molar-refractivity contribution in [2.75, 3.05) is 88.2 Å². The average Bonchev–Trinajstić information content (AvgIpc) is 0.900. The molecule has 598 valence electrons. The molecule has 2 unspecified atom stereocenters. The van der Waals surface area contributed by atoms with Gasteiger partial charge in [-0.1, -0.05) is 106 Å². The average molecular weight is 1510 g/mol. The van der Waals surface area contributed by atoms with Gasteiger partial charge in [0.15, 0.2) is 0 Å². The van der Waals surface area contributed by atoms with E-state index in [2.05, 4.69) is 22.9 Å². The van der Waals surface area contributed by atoms with Crippen molar-refractivity contribution in [2.24, 2.45) is 40.9 Å². The molecule has 30 heteroatoms. The van der Waals surface area contributed by atoms with Gasteiger partial charge in [0.1, 0.15) is 72.1 Å². The molecule has 7 aliphatic rings. The molecule has 12 atom stereocenters. The lowest BCUT2D eigenvalue weighted by Crippen LogP contribution is -2.71. The van der Waals surface area contributed by atoms with Gasteiger partial charge < -0.3 is 64.8 Å². The van der Waals surface area contributed by atoms with Crippen molar-refractivity contribution in [2.45, 2.75) is 269 Å². The number of nitrogens with zero attached hydrogens (tertiary/aromatic N) is 9. The van der Waals surface area contributed by atoms with E-state index in [1.165, 1.54) is 73.7 Å². The summed E-state index contributed by atoms with van der Waals surface area (Å²) in [5, 5.41) is 8.57. The van der Waals surface area contributed by atoms with Crippen LogP contribution in [-0.2, 0) is 62.3 Å². The van der Waals surface area contributed by atoms with Crippen molar-refractivity contribution in [3.63, 3.8) is 0 Å². The molecule has 12 amide bonds. The van der Waals surface area contributed by atoms with Gasteiger partial charge in [0, 0.05) is 81.5 Å². The minimum atomic E-state index is -5.18. The second-order valence-electron chi connectivity index (χ2n) is 32.5. The van der Waals surface area contributed by atoms with E-state index >= 15 is 37.5 Å². The fourth-order valence-corrected chi connectivity index (χ4v) is 17.5. The number of alkyl halides is 5. The van der Waals surface area contributed by atoms with E-state index in [1.807, 2.05) is 40.7 Å². The number of hydrogen-bond acceptors (Lipinski definition) is 13. The number of carbonyl (C=O) groups is 12. The quantitative estimate of drug-likeness (QED) is 0.137. The molecule has 3 N–H and O–H groups in total. The number of amides is 12. The van der Waals surface area contributed by atoms with Crippen LogP contribution in [0.2, 0.25) is 0 Å². The predicted octanol–water partition coefficient (Wildman–Crippen LogP) is 6.20. The Kier molecular flexibility index (Phi) is 30.0. The molecule has 4 aliphatic heterocycles. The molecule has 4 heterocycles. The summed E-state index contributed by atoms with van der Waals surface area (Å²) in [6, 6.07) is -10.7. The van der Waals surface area contributed by atoms with Crippen molar-refractivity contribution in [1.82, 2.24) is 60.0 Å². The van der Waals surface area contributed by atoms with Gasteiger partial charge in [-0.3, -0.25) is 57.5 Å². The number of rotatable bonds is 13. The normalized spacial score (nSPS) is 32.6. The first-order chi connectivity index (χ1) is 49.7. The first-order valence-corrected chi connectivity index (χ1v) is 38.7. The van der Waals surface area contributed by atoms with E-state index in [4.69, 9.17) is 4.74 Å². The van der Waals surface area contributed by atoms with Gasteiger partial charge in [-0.05, 0) is 119 Å². The number of fused-ring (bicyclic) bond motifs is 3. The highest BCUT2D eigenvalue weighted by Gasteiger charge is 2.60. The Balaban J connectivity index is 1.33. The number of hydrogen-bond donors (Lipinski definition) is 3. The SMILES string of the molecule is CCO[C@@H]1C[C@H]2C(=O)NC3(CC(C)(C)C3)C(=O)N(C)[C@@H](C(CC)CC)C(=O)N(C)[C@H](C(=O)N3CCCC3)CC(=O)N(C)[C@@H](C)C(=O)N[C@@H]([C@@H](C)CC)C(=O)N(C)CC(=O)N(C)[C@H]3C/C=C\CCN(C3=O)[C@@H](CC3CCC(C)CC3)C(=O)N(C)CC(=O)N[C@@H](CCC3CC(F)C(C(F)(F)F)C(F)C3)C(=O)N2C1. The van der Waals surface area contributed by atoms with Gasteiger partial charge in [-0.25, -0.2) is 8.78 Å². The van der Waals surface area contributed by atoms with Crippen LogP contribution in [0.1, 0.15) is 191 Å². The van der Waals surface area contributed by atoms with Crippen LogP contribution >= 0.6 is 0 Å². The van der Waals surface area contributed by atoms with Gasteiger partial charge in [0.25, 0.3) is 0 Å². The summed E-state index contributed by atoms with van der Waals surface area (Å²) in [6.07, 6.45) is -4.30. The standard InChI is InChI=1S/C76H121F5N12O13/c1-16-46(6)63-71(103)86(11)42-61(96)88(13)55-25-21-20-22-34-92(70(55)102)58(37-48-28-26-45(5)27-29-48)68(100)85(10)41-59(94)82-54(31-30-49-35-52(77)62(53(78)36-49)76(79,80)81)67(99)93-40-51(106-19-4)38-56(93)66(98)84-75(43-74(8,9)44-75)73(105)90(15)64(50(17-2)18-3)72(104)89(14)57(69(101)91-32-23-24-33-91)39-60(95)87(12)47(7)65(97)83-63/h20-21,45-58,62-64H,16-19,22-44H2,1-15H3,(H,82,94)(H,83,97)(H,84,98)/b21-20-/t45?,46-,47-,48?,49?,51+,52?,53?,54-,55-,56-,57-,58-,62?,63-,64-/m0/s1. The van der Waals surface area contributed by atoms with Crippen molar-refractivity contribution >= 4 is 70.9 Å². The molecule has 7 rings (SSSR count). The highest BCUT2D eigenvalue weighted by Crippen LogP contribution is 2.50. The monoisotopic (exact) mass is 1500 g/mol. The number of carbonyl (C=O) groups excluding carboxylic acids is 12. The summed E-state index contributed by atoms with van der Waals surface area (Å²) < 4.78 is 79.1. The first-order valence-electron chi connectivity index (χ1n) is 38.7. The molecule has 0 aromatic heterocycles. The molecule has 0 aromatic rings. The molecule has 6 fully saturated rings. The molecule has 2 bridgehead atoms. The van der Waals surface area contributed by atoms with Crippen molar-refractivity contribution in [1.29, 1.82) is 0 Å². The number of likely N-dealkylation sites (N-methyl/N-ethyl adjacent to an activating group) is 6. The van der Waals surface area contributed by atoms with Crippen molar-refractivity contribution < 1.29 is 84.2 Å². The fraction of sp³-hybridized carbons (Fsp3) is 0.816. The predicted molar refractivity (Wildman–Crippen MR) is 385 cm³/mol. The molecule has 3 aliphatic carbocycles. The molecule has 1 spiro atoms. The maximum absolute atomic E-state index is 15.8. The second-order valence-corrected chi connectivity index (χ2v) is 32.5. The summed E-state index contributed by atoms with van der Waals surface area (Å²) in [4.78, 5) is 193. The van der Waals surface area contributed by atoms with Gasteiger partial charge in [0.05, 0.1) is 25.6 Å². The largest absolute Gasteiger partial charge is 0.397 e. The van der Waals surface area contributed by atoms with Gasteiger partial charge in [-0.15, -0.1) is 0 Å². The number of ether oxygens (including phenoxy) is 1. The molecular weight excluding hydrogens is 1380 g/mol. The van der Waals surface area contributed by atoms with Crippen LogP contribution in [0.3, 0.4) is 0 Å². The zero-order chi connectivity index (χ0) is 78.8. The van der Waals surface area contributed by atoms with Crippen LogP contribution in [0, 0.1) is 40.9 Å². The van der Waals surface area contributed by atoms with E-state index in [0.717, 1.165) is 40.4 Å². The van der Waals surface area contributed by atoms with Crippen LogP contribution in [0.15, 0.2) is 12.2 Å². The number of likely N-dealkylation sites (tertiary alicyclic amines) is 1. The first kappa shape index (κ1) is 86.2. The maximum Gasteiger partial charge on any atom is 0.397 e. The van der Waals surface area contributed by atoms with Crippen LogP contribution in [0.5, 0.6) is 0 Å². The molecular formula is C76H121F5N12O13. The maximum atomic E-state index is 15.8. The van der Waals surface area contributed by atoms with Crippen LogP contribution < -0.4 is 16.0 Å². The van der Waals surface area contributed by atoms with Gasteiger partial charge in [0.2, 0.25) is 70.9 Å². The van der Waals surface area contributed by atoms with Crippen LogP contribution in [0.25, 0.3) is 0 Å². The Hall–Kier alpha value is -7.01. The lowest BCUT2D eigenvalue weighted by atomic mass is 9.58. The third-order valence-corrected chi connectivity index (χ3v) is 24.2. The zero-order valence-electron chi connectivity index (χ0n) is 65.3. The molecule has 0 aromatic carbocycles. The summed E-state index contributed by atoms with van der Waals surface area (Å²) >= 11 is 0. The lowest BCUT2D eigenvalue weighted by molar-refractivity contribution is -0.219. The fourth-order valence-electron chi connectivity index (χ4n) is 17.5. The number of halogens is 5. The Morgan fingerprint density at radius 1 is 0.651 bits per heavy atom. The molecule has 106 heavy (non-hydrogen) atoms. The third kappa shape index (κ3) is 20.5. The Morgan fingerprint density at radius 3 is 1.84 bits per heavy atom. The number of nitrogens with one attached hydrogen (secondary N) is 3. The van der Waals surface area contributed by atoms with Crippen LogP contribution in [0.4, 0.5) is 22.0 Å². The van der Waals surface area contributed by atoms with Crippen LogP contribution in [-0.4, -0.2) is 282 Å². The summed E-state index contributed by atoms with van der Waals surface area (Å²) in [7, 11) is 8.35. The van der Waals surface area contributed by atoms with E-state index < -0.39 is 217 Å². The molecule has 3 saturated carbocycles. The van der Waals surface area contributed by atoms with E-state index in [0.29, 0.717) is 57.5 Å². The molecule has 25 nitrogen and oxygen atoms in total. The van der Waals surface area contributed by atoms with E-state index in [1.54, 1.807) is 24.8 Å². The van der Waals surface area contributed by atoms with E-state index in [9.17, 15) is 41.9 Å². The molecule has 0 radical (unpaired) electrons. The summed E-state index contributed by atoms with van der Waals surface area (Å²) in [5.74, 6) is -13.2. The smallest absolute Gasteiger partial charge is 0.377 e. The minimum Gasteiger partial charge on any atom is -0.377 e.